The van der Waals surface area contributed by atoms with Crippen molar-refractivity contribution in [2.75, 3.05) is 0 Å². The van der Waals surface area contributed by atoms with E-state index < -0.39 is 0 Å². The molecule has 0 spiro atoms. The Kier molecular flexibility index (Phi) is 2.82. The van der Waals surface area contributed by atoms with E-state index in [4.69, 9.17) is 12.2 Å². The van der Waals surface area contributed by atoms with Gasteiger partial charge in [0, 0.05) is 6.54 Å². The Morgan fingerprint density at radius 1 is 1.42 bits per heavy atom. The van der Waals surface area contributed by atoms with Crippen LogP contribution >= 0.6 is 12.2 Å². The van der Waals surface area contributed by atoms with E-state index in [1.54, 1.807) is 13.0 Å². The molecular formula is C15H19FN2S. The first kappa shape index (κ1) is 12.9. The molecule has 0 atom stereocenters. The summed E-state index contributed by atoms with van der Waals surface area (Å²) in [5.74, 6) is 0.474. The zero-order valence-electron chi connectivity index (χ0n) is 11.6. The highest BCUT2D eigenvalue weighted by atomic mass is 32.1. The van der Waals surface area contributed by atoms with Gasteiger partial charge in [0.05, 0.1) is 11.0 Å². The van der Waals surface area contributed by atoms with Crippen molar-refractivity contribution in [3.05, 3.63) is 28.3 Å². The van der Waals surface area contributed by atoms with Crippen LogP contribution in [0.1, 0.15) is 32.3 Å². The van der Waals surface area contributed by atoms with Gasteiger partial charge in [0.25, 0.3) is 0 Å². The molecular weight excluding hydrogens is 259 g/mol. The van der Waals surface area contributed by atoms with E-state index in [0.29, 0.717) is 21.7 Å². The summed E-state index contributed by atoms with van der Waals surface area (Å²) in [5, 5.41) is 0. The smallest absolute Gasteiger partial charge is 0.178 e. The van der Waals surface area contributed by atoms with Crippen molar-refractivity contribution >= 4 is 23.3 Å². The van der Waals surface area contributed by atoms with Gasteiger partial charge in [-0.25, -0.2) is 4.39 Å². The van der Waals surface area contributed by atoms with Crippen LogP contribution in [0, 0.1) is 28.8 Å². The molecule has 0 saturated heterocycles. The minimum absolute atomic E-state index is 0.180. The molecule has 1 N–H and O–H groups in total. The van der Waals surface area contributed by atoms with Gasteiger partial charge in [-0.1, -0.05) is 13.8 Å². The lowest BCUT2D eigenvalue weighted by Crippen LogP contribution is -2.17. The SMILES string of the molecule is Cc1cc2c(cc1F)[nH]c(=S)n2CC1(C(C)C)CC1. The Morgan fingerprint density at radius 2 is 2.11 bits per heavy atom. The monoisotopic (exact) mass is 278 g/mol. The molecule has 1 aliphatic rings. The number of nitrogens with one attached hydrogen (secondary N) is 1. The average molecular weight is 278 g/mol. The number of fused-ring (bicyclic) bond motifs is 1. The molecule has 1 fully saturated rings. The highest BCUT2D eigenvalue weighted by Crippen LogP contribution is 2.53. The van der Waals surface area contributed by atoms with Crippen LogP contribution in [-0.2, 0) is 6.54 Å². The lowest BCUT2D eigenvalue weighted by molar-refractivity contribution is 0.311. The van der Waals surface area contributed by atoms with Gasteiger partial charge < -0.3 is 9.55 Å². The van der Waals surface area contributed by atoms with E-state index in [-0.39, 0.29) is 5.82 Å². The number of H-pyrrole nitrogens is 1. The number of rotatable bonds is 3. The molecule has 0 unspecified atom stereocenters. The summed E-state index contributed by atoms with van der Waals surface area (Å²) in [6, 6.07) is 3.44. The van der Waals surface area contributed by atoms with E-state index in [1.807, 2.05) is 6.07 Å². The molecule has 102 valence electrons. The highest BCUT2D eigenvalue weighted by Gasteiger charge is 2.45. The Balaban J connectivity index is 2.11. The summed E-state index contributed by atoms with van der Waals surface area (Å²) in [4.78, 5) is 3.12. The first-order valence-corrected chi connectivity index (χ1v) is 7.22. The van der Waals surface area contributed by atoms with Gasteiger partial charge in [-0.3, -0.25) is 0 Å². The summed E-state index contributed by atoms with van der Waals surface area (Å²) in [5.41, 5.74) is 2.88. The zero-order chi connectivity index (χ0) is 13.8. The molecule has 4 heteroatoms. The quantitative estimate of drug-likeness (QED) is 0.815. The third-order valence-corrected chi connectivity index (χ3v) is 4.97. The number of hydrogen-bond acceptors (Lipinski definition) is 1. The molecule has 1 aromatic heterocycles. The molecule has 0 amide bonds. The molecule has 2 nitrogen and oxygen atoms in total. The van der Waals surface area contributed by atoms with Crippen molar-refractivity contribution < 1.29 is 4.39 Å². The lowest BCUT2D eigenvalue weighted by atomic mass is 9.92. The molecule has 0 radical (unpaired) electrons. The molecule has 19 heavy (non-hydrogen) atoms. The maximum absolute atomic E-state index is 13.6. The van der Waals surface area contributed by atoms with Gasteiger partial charge in [-0.2, -0.15) is 0 Å². The summed E-state index contributed by atoms with van der Waals surface area (Å²) in [6.07, 6.45) is 2.53. The Labute approximate surface area is 117 Å². The van der Waals surface area contributed by atoms with Crippen molar-refractivity contribution in [1.29, 1.82) is 0 Å². The second-order valence-corrected chi connectivity index (χ2v) is 6.54. The normalized spacial score (nSPS) is 17.3. The summed E-state index contributed by atoms with van der Waals surface area (Å²) < 4.78 is 16.4. The van der Waals surface area contributed by atoms with Crippen LogP contribution in [0.15, 0.2) is 12.1 Å². The molecule has 1 aliphatic carbocycles. The second kappa shape index (κ2) is 4.17. The minimum atomic E-state index is -0.180. The molecule has 0 aliphatic heterocycles. The first-order valence-electron chi connectivity index (χ1n) is 6.82. The fourth-order valence-corrected chi connectivity index (χ4v) is 3.11. The number of imidazole rings is 1. The van der Waals surface area contributed by atoms with Crippen molar-refractivity contribution in [3.8, 4) is 0 Å². The highest BCUT2D eigenvalue weighted by molar-refractivity contribution is 7.71. The van der Waals surface area contributed by atoms with Crippen LogP contribution in [0.25, 0.3) is 11.0 Å². The molecule has 0 bridgehead atoms. The van der Waals surface area contributed by atoms with Crippen molar-refractivity contribution in [2.24, 2.45) is 11.3 Å². The van der Waals surface area contributed by atoms with Gasteiger partial charge in [-0.15, -0.1) is 0 Å². The zero-order valence-corrected chi connectivity index (χ0v) is 12.4. The van der Waals surface area contributed by atoms with Crippen molar-refractivity contribution in [3.63, 3.8) is 0 Å². The van der Waals surface area contributed by atoms with Gasteiger partial charge in [0.15, 0.2) is 4.77 Å². The van der Waals surface area contributed by atoms with Crippen LogP contribution in [0.3, 0.4) is 0 Å². The van der Waals surface area contributed by atoms with E-state index in [0.717, 1.165) is 17.6 Å². The Bertz CT molecular complexity index is 692. The summed E-state index contributed by atoms with van der Waals surface area (Å²) >= 11 is 5.41. The topological polar surface area (TPSA) is 20.7 Å². The number of aromatic nitrogens is 2. The van der Waals surface area contributed by atoms with Crippen LogP contribution < -0.4 is 0 Å². The van der Waals surface area contributed by atoms with E-state index in [2.05, 4.69) is 23.4 Å². The van der Waals surface area contributed by atoms with Gasteiger partial charge >= 0.3 is 0 Å². The largest absolute Gasteiger partial charge is 0.330 e. The van der Waals surface area contributed by atoms with Gasteiger partial charge in [0.2, 0.25) is 0 Å². The molecule has 1 heterocycles. The number of aromatic amines is 1. The molecule has 1 aromatic carbocycles. The third-order valence-electron chi connectivity index (χ3n) is 4.64. The van der Waals surface area contributed by atoms with Crippen LogP contribution in [0.5, 0.6) is 0 Å². The molecule has 1 saturated carbocycles. The lowest BCUT2D eigenvalue weighted by Gasteiger charge is -2.20. The van der Waals surface area contributed by atoms with Gasteiger partial charge in [0.1, 0.15) is 5.82 Å². The molecule has 2 aromatic rings. The van der Waals surface area contributed by atoms with Gasteiger partial charge in [-0.05, 0) is 61.0 Å². The fraction of sp³-hybridized carbons (Fsp3) is 0.533. The average Bonchev–Trinajstić information content (AvgIpc) is 3.06. The summed E-state index contributed by atoms with van der Waals surface area (Å²) in [6.45, 7) is 7.28. The van der Waals surface area contributed by atoms with E-state index in [9.17, 15) is 4.39 Å². The predicted octanol–water partition coefficient (Wildman–Crippen LogP) is 4.58. The Hall–Kier alpha value is -1.16. The number of hydrogen-bond donors (Lipinski definition) is 1. The molecule has 3 rings (SSSR count). The number of aryl methyl sites for hydroxylation is 1. The Morgan fingerprint density at radius 3 is 2.68 bits per heavy atom. The first-order chi connectivity index (χ1) is 8.93. The van der Waals surface area contributed by atoms with Crippen LogP contribution in [0.2, 0.25) is 0 Å². The maximum Gasteiger partial charge on any atom is 0.178 e. The predicted molar refractivity (Wildman–Crippen MR) is 78.3 cm³/mol. The van der Waals surface area contributed by atoms with Crippen molar-refractivity contribution in [1.82, 2.24) is 9.55 Å². The van der Waals surface area contributed by atoms with Crippen LogP contribution in [0.4, 0.5) is 4.39 Å². The third kappa shape index (κ3) is 2.02. The van der Waals surface area contributed by atoms with Crippen molar-refractivity contribution in [2.45, 2.75) is 40.2 Å². The summed E-state index contributed by atoms with van der Waals surface area (Å²) in [7, 11) is 0. The van der Waals surface area contributed by atoms with Crippen LogP contribution in [-0.4, -0.2) is 9.55 Å². The number of nitrogens with zero attached hydrogens (tertiary/aromatic N) is 1. The standard InChI is InChI=1S/C15H19FN2S/c1-9(2)15(4-5-15)8-18-13-6-10(3)11(16)7-12(13)17-14(18)19/h6-7,9H,4-5,8H2,1-3H3,(H,17,19). The maximum atomic E-state index is 13.6. The second-order valence-electron chi connectivity index (χ2n) is 6.15. The minimum Gasteiger partial charge on any atom is -0.330 e. The van der Waals surface area contributed by atoms with E-state index in [1.165, 1.54) is 12.8 Å². The fourth-order valence-electron chi connectivity index (χ4n) is 2.83. The number of halogens is 1. The van der Waals surface area contributed by atoms with E-state index >= 15 is 0 Å². The number of benzene rings is 1.